The van der Waals surface area contributed by atoms with Crippen LogP contribution >= 0.6 is 0 Å². The Morgan fingerprint density at radius 3 is 2.14 bits per heavy atom. The number of amides is 2. The summed E-state index contributed by atoms with van der Waals surface area (Å²) in [5.74, 6) is 0.774. The highest BCUT2D eigenvalue weighted by Gasteiger charge is 2.23. The first kappa shape index (κ1) is 15.3. The average Bonchev–Trinajstić information content (AvgIpc) is 2.54. The van der Waals surface area contributed by atoms with Gasteiger partial charge in [-0.1, -0.05) is 18.2 Å². The fourth-order valence-electron chi connectivity index (χ4n) is 2.27. The highest BCUT2D eigenvalue weighted by Crippen LogP contribution is 2.09. The normalized spacial score (nSPS) is 14.9. The van der Waals surface area contributed by atoms with Crippen molar-refractivity contribution < 1.29 is 20.1 Å². The molecule has 1 aliphatic rings. The van der Waals surface area contributed by atoms with Gasteiger partial charge < -0.3 is 20.3 Å². The molecule has 0 unspecified atom stereocenters. The molecule has 0 bridgehead atoms. The molecule has 2 rings (SSSR count). The van der Waals surface area contributed by atoms with Crippen molar-refractivity contribution in [1.29, 1.82) is 0 Å². The largest absolute Gasteiger partial charge is 0.484 e. The number of para-hydroxylation sites is 1. The highest BCUT2D eigenvalue weighted by atomic mass is 16.5. The number of benzene rings is 1. The van der Waals surface area contributed by atoms with Gasteiger partial charge in [0, 0.05) is 26.2 Å². The molecule has 114 valence electrons. The summed E-state index contributed by atoms with van der Waals surface area (Å²) in [6.07, 6.45) is 0.477. The molecule has 1 saturated heterocycles. The Morgan fingerprint density at radius 1 is 1.00 bits per heavy atom. The molecule has 2 amide bonds. The second-order valence-electron chi connectivity index (χ2n) is 4.97. The fourth-order valence-corrected chi connectivity index (χ4v) is 2.27. The van der Waals surface area contributed by atoms with Gasteiger partial charge in [-0.3, -0.25) is 9.59 Å². The fraction of sp³-hybridized carbons (Fsp3) is 0.467. The number of carbonyl (C=O) groups is 2. The van der Waals surface area contributed by atoms with Gasteiger partial charge in [-0.25, -0.2) is 0 Å². The van der Waals surface area contributed by atoms with E-state index < -0.39 is 0 Å². The zero-order valence-electron chi connectivity index (χ0n) is 12.2. The van der Waals surface area contributed by atoms with Gasteiger partial charge in [0.25, 0.3) is 5.91 Å². The summed E-state index contributed by atoms with van der Waals surface area (Å²) < 4.78 is 5.45. The second-order valence-corrected chi connectivity index (χ2v) is 4.97. The minimum atomic E-state index is -0.0388. The summed E-state index contributed by atoms with van der Waals surface area (Å²) in [5, 5.41) is 0. The lowest BCUT2D eigenvalue weighted by atomic mass is 10.2. The number of hydrogen-bond donors (Lipinski definition) is 1. The summed E-state index contributed by atoms with van der Waals surface area (Å²) in [4.78, 5) is 27.3. The SMILES string of the molecule is [NH3+]CCC(=O)N1CCN(C(=O)COc2ccccc2)CC1. The van der Waals surface area contributed by atoms with Crippen molar-refractivity contribution >= 4 is 11.8 Å². The standard InChI is InChI=1S/C15H21N3O3/c16-7-6-14(19)17-8-10-18(11-9-17)15(20)12-21-13-4-2-1-3-5-13/h1-5H,6-12,16H2/p+1. The van der Waals surface area contributed by atoms with Crippen LogP contribution in [0.15, 0.2) is 30.3 Å². The first-order chi connectivity index (χ1) is 10.2. The molecule has 0 saturated carbocycles. The van der Waals surface area contributed by atoms with Crippen LogP contribution in [0.3, 0.4) is 0 Å². The number of hydrogen-bond acceptors (Lipinski definition) is 3. The highest BCUT2D eigenvalue weighted by molar-refractivity contribution is 5.79. The van der Waals surface area contributed by atoms with E-state index in [9.17, 15) is 9.59 Å². The summed E-state index contributed by atoms with van der Waals surface area (Å²) >= 11 is 0. The predicted molar refractivity (Wildman–Crippen MR) is 77.5 cm³/mol. The van der Waals surface area contributed by atoms with E-state index in [0.717, 1.165) is 0 Å². The zero-order valence-corrected chi connectivity index (χ0v) is 12.2. The number of carbonyl (C=O) groups excluding carboxylic acids is 2. The number of quaternary nitrogens is 1. The smallest absolute Gasteiger partial charge is 0.260 e. The van der Waals surface area contributed by atoms with E-state index in [1.54, 1.807) is 9.80 Å². The number of nitrogens with zero attached hydrogens (tertiary/aromatic N) is 2. The second kappa shape index (κ2) is 7.64. The predicted octanol–water partition coefficient (Wildman–Crippen LogP) is -0.632. The van der Waals surface area contributed by atoms with Crippen molar-refractivity contribution in [3.63, 3.8) is 0 Å². The van der Waals surface area contributed by atoms with E-state index in [0.29, 0.717) is 44.9 Å². The van der Waals surface area contributed by atoms with Crippen LogP contribution in [0.5, 0.6) is 5.75 Å². The van der Waals surface area contributed by atoms with E-state index in [2.05, 4.69) is 5.73 Å². The lowest BCUT2D eigenvalue weighted by molar-refractivity contribution is -0.366. The lowest BCUT2D eigenvalue weighted by Crippen LogP contribution is -2.55. The van der Waals surface area contributed by atoms with E-state index in [1.165, 1.54) is 0 Å². The summed E-state index contributed by atoms with van der Waals surface area (Å²) in [6.45, 7) is 2.98. The van der Waals surface area contributed by atoms with Gasteiger partial charge >= 0.3 is 0 Å². The van der Waals surface area contributed by atoms with Crippen LogP contribution in [0.1, 0.15) is 6.42 Å². The molecule has 0 aromatic heterocycles. The van der Waals surface area contributed by atoms with Crippen molar-refractivity contribution in [1.82, 2.24) is 9.80 Å². The van der Waals surface area contributed by atoms with Crippen LogP contribution in [-0.4, -0.2) is 60.9 Å². The van der Waals surface area contributed by atoms with Crippen LogP contribution in [0.4, 0.5) is 0 Å². The molecule has 0 atom stereocenters. The van der Waals surface area contributed by atoms with Crippen LogP contribution in [0, 0.1) is 0 Å². The average molecular weight is 292 g/mol. The van der Waals surface area contributed by atoms with Gasteiger partial charge in [0.2, 0.25) is 5.91 Å². The zero-order chi connectivity index (χ0) is 15.1. The molecule has 1 aromatic rings. The van der Waals surface area contributed by atoms with Crippen molar-refractivity contribution in [2.45, 2.75) is 6.42 Å². The number of rotatable bonds is 5. The van der Waals surface area contributed by atoms with Crippen LogP contribution in [-0.2, 0) is 9.59 Å². The van der Waals surface area contributed by atoms with Crippen molar-refractivity contribution in [3.05, 3.63) is 30.3 Å². The lowest BCUT2D eigenvalue weighted by Gasteiger charge is -2.34. The summed E-state index contributed by atoms with van der Waals surface area (Å²) in [6, 6.07) is 9.28. The third kappa shape index (κ3) is 4.46. The van der Waals surface area contributed by atoms with E-state index in [-0.39, 0.29) is 18.4 Å². The molecule has 0 radical (unpaired) electrons. The Kier molecular flexibility index (Phi) is 5.57. The first-order valence-electron chi connectivity index (χ1n) is 7.23. The van der Waals surface area contributed by atoms with Gasteiger partial charge in [0.15, 0.2) is 6.61 Å². The Labute approximate surface area is 124 Å². The van der Waals surface area contributed by atoms with Gasteiger partial charge in [-0.15, -0.1) is 0 Å². The van der Waals surface area contributed by atoms with Crippen LogP contribution < -0.4 is 10.5 Å². The van der Waals surface area contributed by atoms with Gasteiger partial charge in [0.1, 0.15) is 5.75 Å². The Balaban J connectivity index is 1.74. The Hall–Kier alpha value is -2.08. The molecule has 3 N–H and O–H groups in total. The Bertz CT molecular complexity index is 470. The molecule has 1 aliphatic heterocycles. The van der Waals surface area contributed by atoms with E-state index in [4.69, 9.17) is 4.74 Å². The third-order valence-corrected chi connectivity index (χ3v) is 3.48. The van der Waals surface area contributed by atoms with Crippen molar-refractivity contribution in [2.24, 2.45) is 0 Å². The molecule has 6 heteroatoms. The van der Waals surface area contributed by atoms with Crippen LogP contribution in [0.2, 0.25) is 0 Å². The summed E-state index contributed by atoms with van der Waals surface area (Å²) in [5.41, 5.74) is 3.69. The third-order valence-electron chi connectivity index (χ3n) is 3.48. The van der Waals surface area contributed by atoms with Crippen molar-refractivity contribution in [3.8, 4) is 5.75 Å². The van der Waals surface area contributed by atoms with Gasteiger partial charge in [-0.2, -0.15) is 0 Å². The molecule has 1 heterocycles. The van der Waals surface area contributed by atoms with E-state index >= 15 is 0 Å². The van der Waals surface area contributed by atoms with Gasteiger partial charge in [-0.05, 0) is 12.1 Å². The van der Waals surface area contributed by atoms with E-state index in [1.807, 2.05) is 30.3 Å². The van der Waals surface area contributed by atoms with Crippen LogP contribution in [0.25, 0.3) is 0 Å². The molecule has 1 aromatic carbocycles. The van der Waals surface area contributed by atoms with Gasteiger partial charge in [0.05, 0.1) is 13.0 Å². The monoisotopic (exact) mass is 292 g/mol. The number of piperazine rings is 1. The molecule has 21 heavy (non-hydrogen) atoms. The minimum Gasteiger partial charge on any atom is -0.484 e. The first-order valence-corrected chi connectivity index (χ1v) is 7.23. The maximum atomic E-state index is 12.1. The summed E-state index contributed by atoms with van der Waals surface area (Å²) in [7, 11) is 0. The van der Waals surface area contributed by atoms with Crippen molar-refractivity contribution in [2.75, 3.05) is 39.3 Å². The maximum absolute atomic E-state index is 12.1. The topological polar surface area (TPSA) is 77.5 Å². The minimum absolute atomic E-state index is 0.0385. The quantitative estimate of drug-likeness (QED) is 0.785. The molecule has 1 fully saturated rings. The maximum Gasteiger partial charge on any atom is 0.260 e. The molecular formula is C15H22N3O3+. The molecular weight excluding hydrogens is 270 g/mol. The molecule has 0 spiro atoms. The Morgan fingerprint density at radius 2 is 1.57 bits per heavy atom. The number of ether oxygens (including phenoxy) is 1. The molecule has 0 aliphatic carbocycles. The molecule has 6 nitrogen and oxygen atoms in total.